The molecule has 0 aromatic heterocycles. The zero-order valence-corrected chi connectivity index (χ0v) is 13.9. The number of nitrogens with zero attached hydrogens (tertiary/aromatic N) is 2. The second kappa shape index (κ2) is 7.66. The van der Waals surface area contributed by atoms with E-state index in [4.69, 9.17) is 0 Å². The zero-order valence-electron chi connectivity index (χ0n) is 13.1. The summed E-state index contributed by atoms with van der Waals surface area (Å²) in [5.41, 5.74) is 0. The Hall–Kier alpha value is -0.260. The first-order valence-electron chi connectivity index (χ1n) is 8.04. The van der Waals surface area contributed by atoms with Gasteiger partial charge in [-0.15, -0.1) is 0 Å². The Bertz CT molecular complexity index is 320. The molecule has 2 aliphatic rings. The minimum absolute atomic E-state index is 0.0295. The topological polar surface area (TPSA) is 35.6 Å². The largest absolute Gasteiger partial charge is 0.325 e. The molecule has 3 atom stereocenters. The third-order valence-electron chi connectivity index (χ3n) is 4.66. The first-order valence-corrected chi connectivity index (χ1v) is 9.19. The van der Waals surface area contributed by atoms with Crippen LogP contribution in [0.25, 0.3) is 0 Å². The average Bonchev–Trinajstić information content (AvgIpc) is 2.81. The summed E-state index contributed by atoms with van der Waals surface area (Å²) in [5, 5.41) is 3.53. The summed E-state index contributed by atoms with van der Waals surface area (Å²) >= 11 is 2.04. The van der Waals surface area contributed by atoms with Gasteiger partial charge in [-0.1, -0.05) is 27.2 Å². The summed E-state index contributed by atoms with van der Waals surface area (Å²) in [5.74, 6) is 3.21. The van der Waals surface area contributed by atoms with Gasteiger partial charge in [-0.3, -0.25) is 15.0 Å². The lowest BCUT2D eigenvalue weighted by atomic mass is 9.99. The van der Waals surface area contributed by atoms with Gasteiger partial charge in [0.15, 0.2) is 0 Å². The van der Waals surface area contributed by atoms with Gasteiger partial charge in [-0.25, -0.2) is 0 Å². The van der Waals surface area contributed by atoms with Crippen LogP contribution in [0.1, 0.15) is 33.6 Å². The van der Waals surface area contributed by atoms with Gasteiger partial charge in [0.25, 0.3) is 0 Å². The van der Waals surface area contributed by atoms with Crippen molar-refractivity contribution in [1.82, 2.24) is 15.1 Å². The Morgan fingerprint density at radius 3 is 2.60 bits per heavy atom. The minimum atomic E-state index is 0.0295. The fourth-order valence-electron chi connectivity index (χ4n) is 3.02. The van der Waals surface area contributed by atoms with Crippen molar-refractivity contribution in [3.05, 3.63) is 0 Å². The van der Waals surface area contributed by atoms with Crippen molar-refractivity contribution in [2.75, 3.05) is 37.7 Å². The highest BCUT2D eigenvalue weighted by molar-refractivity contribution is 7.99. The van der Waals surface area contributed by atoms with E-state index in [0.717, 1.165) is 25.9 Å². The molecular formula is C15H29N3OS. The SMILES string of the molecule is CCC(C)C1NC(CC)N(CCN2CCSCC2)C1=O. The second-order valence-corrected chi connectivity index (χ2v) is 7.16. The number of hydrogen-bond donors (Lipinski definition) is 1. The molecule has 2 saturated heterocycles. The molecule has 0 saturated carbocycles. The highest BCUT2D eigenvalue weighted by Crippen LogP contribution is 2.21. The Kier molecular flexibility index (Phi) is 6.18. The van der Waals surface area contributed by atoms with Crippen LogP contribution in [0.4, 0.5) is 0 Å². The van der Waals surface area contributed by atoms with E-state index in [9.17, 15) is 4.79 Å². The predicted octanol–water partition coefficient (Wildman–Crippen LogP) is 1.62. The highest BCUT2D eigenvalue weighted by Gasteiger charge is 2.39. The van der Waals surface area contributed by atoms with Crippen molar-refractivity contribution >= 4 is 17.7 Å². The summed E-state index contributed by atoms with van der Waals surface area (Å²) in [7, 11) is 0. The molecule has 2 aliphatic heterocycles. The number of carbonyl (C=O) groups excluding carboxylic acids is 1. The average molecular weight is 299 g/mol. The number of nitrogens with one attached hydrogen (secondary N) is 1. The molecule has 116 valence electrons. The summed E-state index contributed by atoms with van der Waals surface area (Å²) in [6.07, 6.45) is 2.28. The van der Waals surface area contributed by atoms with Crippen molar-refractivity contribution in [2.24, 2.45) is 5.92 Å². The van der Waals surface area contributed by atoms with Crippen molar-refractivity contribution < 1.29 is 4.79 Å². The van der Waals surface area contributed by atoms with E-state index in [0.29, 0.717) is 11.8 Å². The Morgan fingerprint density at radius 2 is 2.00 bits per heavy atom. The molecule has 2 heterocycles. The van der Waals surface area contributed by atoms with Crippen LogP contribution in [0, 0.1) is 5.92 Å². The van der Waals surface area contributed by atoms with Crippen LogP contribution in [0.5, 0.6) is 0 Å². The third-order valence-corrected chi connectivity index (χ3v) is 5.60. The quantitative estimate of drug-likeness (QED) is 0.808. The summed E-state index contributed by atoms with van der Waals surface area (Å²) in [6, 6.07) is 0.0295. The van der Waals surface area contributed by atoms with Crippen LogP contribution in [0.2, 0.25) is 0 Å². The van der Waals surface area contributed by atoms with Crippen LogP contribution in [-0.2, 0) is 4.79 Å². The minimum Gasteiger partial charge on any atom is -0.325 e. The van der Waals surface area contributed by atoms with Crippen molar-refractivity contribution in [2.45, 2.75) is 45.8 Å². The van der Waals surface area contributed by atoms with Gasteiger partial charge < -0.3 is 4.90 Å². The lowest BCUT2D eigenvalue weighted by Crippen LogP contribution is -2.44. The van der Waals surface area contributed by atoms with Crippen LogP contribution in [0.15, 0.2) is 0 Å². The fourth-order valence-corrected chi connectivity index (χ4v) is 4.00. The van der Waals surface area contributed by atoms with E-state index in [2.05, 4.69) is 35.9 Å². The van der Waals surface area contributed by atoms with Gasteiger partial charge in [-0.2, -0.15) is 11.8 Å². The molecule has 1 N–H and O–H groups in total. The Balaban J connectivity index is 1.89. The van der Waals surface area contributed by atoms with E-state index < -0.39 is 0 Å². The number of carbonyl (C=O) groups is 1. The summed E-state index contributed by atoms with van der Waals surface area (Å²) in [6.45, 7) is 10.7. The van der Waals surface area contributed by atoms with E-state index in [1.807, 2.05) is 11.8 Å². The van der Waals surface area contributed by atoms with Crippen molar-refractivity contribution in [3.8, 4) is 0 Å². The normalized spacial score (nSPS) is 29.9. The van der Waals surface area contributed by atoms with Gasteiger partial charge in [0.05, 0.1) is 12.2 Å². The molecule has 2 fully saturated rings. The molecule has 1 amide bonds. The van der Waals surface area contributed by atoms with E-state index in [-0.39, 0.29) is 12.2 Å². The van der Waals surface area contributed by atoms with E-state index in [1.165, 1.54) is 24.6 Å². The molecular weight excluding hydrogens is 270 g/mol. The monoisotopic (exact) mass is 299 g/mol. The van der Waals surface area contributed by atoms with Crippen LogP contribution in [-0.4, -0.2) is 65.6 Å². The van der Waals surface area contributed by atoms with Gasteiger partial charge >= 0.3 is 0 Å². The third kappa shape index (κ3) is 3.68. The molecule has 4 nitrogen and oxygen atoms in total. The molecule has 0 bridgehead atoms. The van der Waals surface area contributed by atoms with Gasteiger partial charge in [-0.05, 0) is 12.3 Å². The standard InChI is InChI=1S/C15H29N3OS/c1-4-12(3)14-15(19)18(13(5-2)16-14)7-6-17-8-10-20-11-9-17/h12-14,16H,4-11H2,1-3H3. The Morgan fingerprint density at radius 1 is 1.30 bits per heavy atom. The molecule has 0 spiro atoms. The second-order valence-electron chi connectivity index (χ2n) is 5.94. The van der Waals surface area contributed by atoms with Crippen molar-refractivity contribution in [3.63, 3.8) is 0 Å². The van der Waals surface area contributed by atoms with Gasteiger partial charge in [0.1, 0.15) is 0 Å². The predicted molar refractivity (Wildman–Crippen MR) is 85.9 cm³/mol. The molecule has 0 aliphatic carbocycles. The molecule has 20 heavy (non-hydrogen) atoms. The zero-order chi connectivity index (χ0) is 14.5. The molecule has 0 aromatic rings. The summed E-state index contributed by atoms with van der Waals surface area (Å²) in [4.78, 5) is 17.2. The van der Waals surface area contributed by atoms with E-state index >= 15 is 0 Å². The molecule has 3 unspecified atom stereocenters. The first-order chi connectivity index (χ1) is 9.67. The van der Waals surface area contributed by atoms with Gasteiger partial charge in [0.2, 0.25) is 5.91 Å². The Labute approximate surface area is 127 Å². The van der Waals surface area contributed by atoms with E-state index in [1.54, 1.807) is 0 Å². The van der Waals surface area contributed by atoms with Crippen LogP contribution < -0.4 is 5.32 Å². The highest BCUT2D eigenvalue weighted by atomic mass is 32.2. The van der Waals surface area contributed by atoms with Gasteiger partial charge in [0, 0.05) is 37.7 Å². The fraction of sp³-hybridized carbons (Fsp3) is 0.933. The molecule has 0 aromatic carbocycles. The molecule has 2 rings (SSSR count). The number of hydrogen-bond acceptors (Lipinski definition) is 4. The molecule has 0 radical (unpaired) electrons. The number of amides is 1. The maximum atomic E-state index is 12.6. The lowest BCUT2D eigenvalue weighted by Gasteiger charge is -2.30. The number of thioether (sulfide) groups is 1. The maximum absolute atomic E-state index is 12.6. The first kappa shape index (κ1) is 16.1. The van der Waals surface area contributed by atoms with Crippen molar-refractivity contribution in [1.29, 1.82) is 0 Å². The van der Waals surface area contributed by atoms with Crippen LogP contribution >= 0.6 is 11.8 Å². The molecule has 5 heteroatoms. The lowest BCUT2D eigenvalue weighted by molar-refractivity contribution is -0.131. The summed E-state index contributed by atoms with van der Waals surface area (Å²) < 4.78 is 0. The van der Waals surface area contributed by atoms with Crippen LogP contribution in [0.3, 0.4) is 0 Å². The maximum Gasteiger partial charge on any atom is 0.241 e. The smallest absolute Gasteiger partial charge is 0.241 e. The number of rotatable bonds is 6.